The van der Waals surface area contributed by atoms with Gasteiger partial charge in [0.25, 0.3) is 5.91 Å². The SMILES string of the molecule is COCCN(CC(=O)Nc1cc(C(C)(C)C)nn1-c1ccc(C)cc1)C(=O)c1ccc(C)cc1. The van der Waals surface area contributed by atoms with Crippen molar-refractivity contribution in [1.82, 2.24) is 14.7 Å². The first kappa shape index (κ1) is 25.2. The molecular weight excluding hydrogens is 428 g/mol. The molecule has 1 heterocycles. The van der Waals surface area contributed by atoms with Crippen LogP contribution in [0.15, 0.2) is 54.6 Å². The fourth-order valence-corrected chi connectivity index (χ4v) is 3.41. The minimum Gasteiger partial charge on any atom is -0.383 e. The second kappa shape index (κ2) is 10.7. The predicted molar refractivity (Wildman–Crippen MR) is 135 cm³/mol. The molecule has 1 aromatic heterocycles. The van der Waals surface area contributed by atoms with Crippen molar-refractivity contribution in [3.63, 3.8) is 0 Å². The first-order valence-corrected chi connectivity index (χ1v) is 11.4. The second-order valence-electron chi connectivity index (χ2n) is 9.55. The van der Waals surface area contributed by atoms with E-state index in [1.165, 1.54) is 4.90 Å². The number of nitrogens with zero attached hydrogens (tertiary/aromatic N) is 3. The van der Waals surface area contributed by atoms with Gasteiger partial charge in [-0.2, -0.15) is 5.10 Å². The number of benzene rings is 2. The van der Waals surface area contributed by atoms with Crippen molar-refractivity contribution >= 4 is 17.6 Å². The third kappa shape index (κ3) is 6.32. The van der Waals surface area contributed by atoms with Crippen molar-refractivity contribution in [2.75, 3.05) is 32.1 Å². The van der Waals surface area contributed by atoms with E-state index in [1.807, 2.05) is 56.3 Å². The van der Waals surface area contributed by atoms with Crippen molar-refractivity contribution in [1.29, 1.82) is 0 Å². The van der Waals surface area contributed by atoms with Crippen molar-refractivity contribution in [3.8, 4) is 5.69 Å². The Kier molecular flexibility index (Phi) is 7.89. The summed E-state index contributed by atoms with van der Waals surface area (Å²) >= 11 is 0. The number of aryl methyl sites for hydroxylation is 2. The molecule has 7 nitrogen and oxygen atoms in total. The van der Waals surface area contributed by atoms with Gasteiger partial charge in [0.15, 0.2) is 0 Å². The molecule has 0 fully saturated rings. The molecule has 3 aromatic rings. The number of methoxy groups -OCH3 is 1. The lowest BCUT2D eigenvalue weighted by atomic mass is 9.92. The highest BCUT2D eigenvalue weighted by atomic mass is 16.5. The average molecular weight is 463 g/mol. The number of ether oxygens (including phenoxy) is 1. The number of anilines is 1. The van der Waals surface area contributed by atoms with Crippen LogP contribution in [0.2, 0.25) is 0 Å². The van der Waals surface area contributed by atoms with E-state index in [9.17, 15) is 9.59 Å². The highest BCUT2D eigenvalue weighted by Crippen LogP contribution is 2.26. The van der Waals surface area contributed by atoms with Gasteiger partial charge in [0.2, 0.25) is 5.91 Å². The van der Waals surface area contributed by atoms with E-state index in [4.69, 9.17) is 9.84 Å². The van der Waals surface area contributed by atoms with E-state index in [2.05, 4.69) is 26.1 Å². The Labute approximate surface area is 201 Å². The molecule has 0 bridgehead atoms. The summed E-state index contributed by atoms with van der Waals surface area (Å²) in [6, 6.07) is 17.2. The summed E-state index contributed by atoms with van der Waals surface area (Å²) in [4.78, 5) is 27.7. The second-order valence-corrected chi connectivity index (χ2v) is 9.55. The number of carbonyl (C=O) groups is 2. The first-order chi connectivity index (χ1) is 16.1. The Bertz CT molecular complexity index is 1130. The van der Waals surface area contributed by atoms with Crippen molar-refractivity contribution < 1.29 is 14.3 Å². The summed E-state index contributed by atoms with van der Waals surface area (Å²) in [7, 11) is 1.57. The van der Waals surface area contributed by atoms with Gasteiger partial charge in [0.1, 0.15) is 12.4 Å². The molecule has 180 valence electrons. The largest absolute Gasteiger partial charge is 0.383 e. The molecule has 0 saturated carbocycles. The summed E-state index contributed by atoms with van der Waals surface area (Å²) in [5, 5.41) is 7.72. The zero-order valence-electron chi connectivity index (χ0n) is 20.9. The van der Waals surface area contributed by atoms with Crippen LogP contribution in [0.4, 0.5) is 5.82 Å². The van der Waals surface area contributed by atoms with Crippen LogP contribution in [0.3, 0.4) is 0 Å². The molecule has 0 radical (unpaired) electrons. The highest BCUT2D eigenvalue weighted by molar-refractivity contribution is 5.99. The van der Waals surface area contributed by atoms with E-state index in [-0.39, 0.29) is 23.8 Å². The topological polar surface area (TPSA) is 76.5 Å². The van der Waals surface area contributed by atoms with Gasteiger partial charge in [-0.3, -0.25) is 9.59 Å². The smallest absolute Gasteiger partial charge is 0.254 e. The molecule has 1 N–H and O–H groups in total. The summed E-state index contributed by atoms with van der Waals surface area (Å²) in [5.74, 6) is 0.0492. The van der Waals surface area contributed by atoms with Crippen LogP contribution < -0.4 is 5.32 Å². The Hall–Kier alpha value is -3.45. The molecule has 34 heavy (non-hydrogen) atoms. The number of carbonyl (C=O) groups excluding carboxylic acids is 2. The van der Waals surface area contributed by atoms with Crippen LogP contribution >= 0.6 is 0 Å². The van der Waals surface area contributed by atoms with Gasteiger partial charge >= 0.3 is 0 Å². The van der Waals surface area contributed by atoms with E-state index in [0.29, 0.717) is 24.5 Å². The van der Waals surface area contributed by atoms with Crippen LogP contribution in [0, 0.1) is 13.8 Å². The number of nitrogens with one attached hydrogen (secondary N) is 1. The van der Waals surface area contributed by atoms with E-state index in [0.717, 1.165) is 22.5 Å². The van der Waals surface area contributed by atoms with Crippen LogP contribution in [-0.4, -0.2) is 53.3 Å². The monoisotopic (exact) mass is 462 g/mol. The lowest BCUT2D eigenvalue weighted by Crippen LogP contribution is -2.40. The molecule has 3 rings (SSSR count). The number of amides is 2. The summed E-state index contributed by atoms with van der Waals surface area (Å²) in [5.41, 5.74) is 4.26. The van der Waals surface area contributed by atoms with Gasteiger partial charge in [-0.25, -0.2) is 4.68 Å². The molecule has 2 aromatic carbocycles. The fourth-order valence-electron chi connectivity index (χ4n) is 3.41. The van der Waals surface area contributed by atoms with Crippen molar-refractivity contribution in [2.45, 2.75) is 40.0 Å². The van der Waals surface area contributed by atoms with Crippen LogP contribution in [0.25, 0.3) is 5.69 Å². The third-order valence-electron chi connectivity index (χ3n) is 5.51. The number of rotatable bonds is 8. The van der Waals surface area contributed by atoms with Crippen LogP contribution in [0.5, 0.6) is 0 Å². The number of aromatic nitrogens is 2. The molecule has 0 unspecified atom stereocenters. The average Bonchev–Trinajstić information content (AvgIpc) is 3.21. The molecule has 2 amide bonds. The zero-order valence-corrected chi connectivity index (χ0v) is 20.9. The van der Waals surface area contributed by atoms with E-state index < -0.39 is 0 Å². The van der Waals surface area contributed by atoms with Gasteiger partial charge in [-0.05, 0) is 38.1 Å². The highest BCUT2D eigenvalue weighted by Gasteiger charge is 2.23. The summed E-state index contributed by atoms with van der Waals surface area (Å²) in [6.07, 6.45) is 0. The minimum atomic E-state index is -0.301. The summed E-state index contributed by atoms with van der Waals surface area (Å²) < 4.78 is 6.90. The lowest BCUT2D eigenvalue weighted by molar-refractivity contribution is -0.117. The van der Waals surface area contributed by atoms with E-state index in [1.54, 1.807) is 23.9 Å². The fraction of sp³-hybridized carbons (Fsp3) is 0.370. The number of hydrogen-bond donors (Lipinski definition) is 1. The molecule has 0 atom stereocenters. The maximum absolute atomic E-state index is 13.1. The Balaban J connectivity index is 1.84. The predicted octanol–water partition coefficient (Wildman–Crippen LogP) is 4.51. The molecule has 0 saturated heterocycles. The number of hydrogen-bond acceptors (Lipinski definition) is 4. The Morgan fingerprint density at radius 1 is 1.00 bits per heavy atom. The van der Waals surface area contributed by atoms with Gasteiger partial charge in [-0.15, -0.1) is 0 Å². The van der Waals surface area contributed by atoms with Gasteiger partial charge in [0.05, 0.1) is 18.0 Å². The zero-order chi connectivity index (χ0) is 24.9. The molecule has 0 aliphatic carbocycles. The molecule has 0 aliphatic heterocycles. The van der Waals surface area contributed by atoms with Gasteiger partial charge in [0, 0.05) is 30.7 Å². The minimum absolute atomic E-state index is 0.0972. The molecule has 7 heteroatoms. The normalized spacial score (nSPS) is 11.4. The van der Waals surface area contributed by atoms with E-state index >= 15 is 0 Å². The van der Waals surface area contributed by atoms with Crippen LogP contribution in [0.1, 0.15) is 48.0 Å². The molecule has 0 spiro atoms. The first-order valence-electron chi connectivity index (χ1n) is 11.4. The molecule has 0 aliphatic rings. The van der Waals surface area contributed by atoms with Gasteiger partial charge < -0.3 is 15.0 Å². The maximum Gasteiger partial charge on any atom is 0.254 e. The van der Waals surface area contributed by atoms with Gasteiger partial charge in [-0.1, -0.05) is 56.2 Å². The van der Waals surface area contributed by atoms with Crippen molar-refractivity contribution in [3.05, 3.63) is 77.0 Å². The Morgan fingerprint density at radius 3 is 2.15 bits per heavy atom. The standard InChI is InChI=1S/C27H34N4O3/c1-19-7-11-21(12-8-19)26(33)30(15-16-34-6)18-25(32)28-24-17-23(27(3,4)5)29-31(24)22-13-9-20(2)10-14-22/h7-14,17H,15-16,18H2,1-6H3,(H,28,32). The van der Waals surface area contributed by atoms with Crippen LogP contribution in [-0.2, 0) is 14.9 Å². The quantitative estimate of drug-likeness (QED) is 0.534. The third-order valence-corrected chi connectivity index (χ3v) is 5.51. The maximum atomic E-state index is 13.1. The van der Waals surface area contributed by atoms with Crippen molar-refractivity contribution in [2.24, 2.45) is 0 Å². The Morgan fingerprint density at radius 2 is 1.59 bits per heavy atom. The summed E-state index contributed by atoms with van der Waals surface area (Å²) in [6.45, 7) is 10.8. The lowest BCUT2D eigenvalue weighted by Gasteiger charge is -2.22. The molecular formula is C27H34N4O3.